The minimum absolute atomic E-state index is 0.197. The van der Waals surface area contributed by atoms with Crippen LogP contribution in [0.3, 0.4) is 0 Å². The Hall–Kier alpha value is -3.63. The highest BCUT2D eigenvalue weighted by molar-refractivity contribution is 5.85. The van der Waals surface area contributed by atoms with Crippen LogP contribution in [0.2, 0.25) is 0 Å². The minimum Gasteiger partial charge on any atom is -0.463 e. The summed E-state index contributed by atoms with van der Waals surface area (Å²) in [5, 5.41) is 0. The first-order valence-electron chi connectivity index (χ1n) is 11.8. The molecule has 0 saturated carbocycles. The summed E-state index contributed by atoms with van der Waals surface area (Å²) >= 11 is 0. The van der Waals surface area contributed by atoms with Crippen LogP contribution in [0.5, 0.6) is 6.01 Å². The number of nitrogens with two attached hydrogens (primary N) is 1. The highest BCUT2D eigenvalue weighted by atomic mass is 19.1. The molecular weight excluding hydrogens is 449 g/mol. The third-order valence-electron chi connectivity index (χ3n) is 5.87. The van der Waals surface area contributed by atoms with Gasteiger partial charge in [0, 0.05) is 31.4 Å². The number of pyridine rings is 1. The molecule has 35 heavy (non-hydrogen) atoms. The molecule has 1 aliphatic heterocycles. The summed E-state index contributed by atoms with van der Waals surface area (Å²) in [6.45, 7) is 7.27. The van der Waals surface area contributed by atoms with Crippen LogP contribution >= 0.6 is 0 Å². The predicted octanol–water partition coefficient (Wildman–Crippen LogP) is 3.28. The molecule has 0 bridgehead atoms. The summed E-state index contributed by atoms with van der Waals surface area (Å²) in [5.41, 5.74) is 10.00. The van der Waals surface area contributed by atoms with E-state index >= 15 is 0 Å². The Bertz CT molecular complexity index is 1300. The molecule has 0 amide bonds. The molecule has 4 heterocycles. The summed E-state index contributed by atoms with van der Waals surface area (Å²) < 4.78 is 27.0. The maximum atomic E-state index is 14.0. The van der Waals surface area contributed by atoms with E-state index in [2.05, 4.69) is 49.1 Å². The van der Waals surface area contributed by atoms with Crippen LogP contribution in [0.4, 0.5) is 10.2 Å². The van der Waals surface area contributed by atoms with Crippen molar-refractivity contribution >= 4 is 17.0 Å². The summed E-state index contributed by atoms with van der Waals surface area (Å²) in [5.74, 6) is 0.281. The molecule has 0 spiro atoms. The highest BCUT2D eigenvalue weighted by Gasteiger charge is 2.20. The zero-order chi connectivity index (χ0) is 24.2. The number of rotatable bonds is 8. The Kier molecular flexibility index (Phi) is 6.82. The summed E-state index contributed by atoms with van der Waals surface area (Å²) in [7, 11) is 0. The molecule has 0 unspecified atom stereocenters. The quantitative estimate of drug-likeness (QED) is 0.412. The van der Waals surface area contributed by atoms with Crippen LogP contribution in [-0.2, 0) is 17.8 Å². The van der Waals surface area contributed by atoms with Crippen molar-refractivity contribution in [3.05, 3.63) is 59.7 Å². The van der Waals surface area contributed by atoms with E-state index < -0.39 is 5.82 Å². The minimum atomic E-state index is -0.445. The Morgan fingerprint density at radius 3 is 2.49 bits per heavy atom. The number of halogens is 1. The second kappa shape index (κ2) is 10.3. The van der Waals surface area contributed by atoms with Crippen LogP contribution in [0.25, 0.3) is 22.6 Å². The van der Waals surface area contributed by atoms with E-state index in [0.717, 1.165) is 51.0 Å². The van der Waals surface area contributed by atoms with E-state index in [1.807, 2.05) is 11.5 Å². The van der Waals surface area contributed by atoms with Crippen molar-refractivity contribution < 1.29 is 13.9 Å². The molecule has 1 aromatic carbocycles. The van der Waals surface area contributed by atoms with E-state index in [1.165, 1.54) is 11.6 Å². The topological polar surface area (TPSA) is 104 Å². The molecule has 182 valence electrons. The molecule has 1 fully saturated rings. The van der Waals surface area contributed by atoms with Gasteiger partial charge in [0.25, 0.3) is 0 Å². The SMILES string of the molecule is CCCOc1nc(N)c2nc(-c3cncc(F)c3)n(Cc3ccc(CN4CCOCC4)cc3)c2n1. The van der Waals surface area contributed by atoms with Gasteiger partial charge in [0.1, 0.15) is 11.6 Å². The van der Waals surface area contributed by atoms with Crippen LogP contribution < -0.4 is 10.5 Å². The average molecular weight is 478 g/mol. The molecule has 5 rings (SSSR count). The smallest absolute Gasteiger partial charge is 0.320 e. The molecule has 4 aromatic rings. The van der Waals surface area contributed by atoms with E-state index in [1.54, 1.807) is 6.20 Å². The number of benzene rings is 1. The number of hydrogen-bond donors (Lipinski definition) is 1. The molecule has 0 radical (unpaired) electrons. The molecule has 3 aromatic heterocycles. The van der Waals surface area contributed by atoms with Crippen molar-refractivity contribution in [2.75, 3.05) is 38.6 Å². The van der Waals surface area contributed by atoms with Crippen molar-refractivity contribution in [3.63, 3.8) is 0 Å². The lowest BCUT2D eigenvalue weighted by molar-refractivity contribution is 0.0342. The third kappa shape index (κ3) is 5.23. The van der Waals surface area contributed by atoms with Gasteiger partial charge in [-0.2, -0.15) is 9.97 Å². The number of nitrogens with zero attached hydrogens (tertiary/aromatic N) is 6. The maximum absolute atomic E-state index is 14.0. The summed E-state index contributed by atoms with van der Waals surface area (Å²) in [6.07, 6.45) is 3.55. The van der Waals surface area contributed by atoms with E-state index in [-0.39, 0.29) is 11.8 Å². The number of aromatic nitrogens is 5. The monoisotopic (exact) mass is 477 g/mol. The van der Waals surface area contributed by atoms with Crippen LogP contribution in [0.15, 0.2) is 42.7 Å². The van der Waals surface area contributed by atoms with E-state index in [4.69, 9.17) is 15.2 Å². The summed E-state index contributed by atoms with van der Waals surface area (Å²) in [4.78, 5) is 19.9. The second-order valence-electron chi connectivity index (χ2n) is 8.53. The van der Waals surface area contributed by atoms with Gasteiger partial charge in [0.05, 0.1) is 32.6 Å². The van der Waals surface area contributed by atoms with Gasteiger partial charge in [0.15, 0.2) is 17.0 Å². The van der Waals surface area contributed by atoms with Gasteiger partial charge in [-0.1, -0.05) is 31.2 Å². The zero-order valence-corrected chi connectivity index (χ0v) is 19.7. The van der Waals surface area contributed by atoms with Crippen LogP contribution in [0, 0.1) is 5.82 Å². The number of morpholine rings is 1. The van der Waals surface area contributed by atoms with Gasteiger partial charge >= 0.3 is 6.01 Å². The van der Waals surface area contributed by atoms with Crippen LogP contribution in [-0.4, -0.2) is 62.3 Å². The molecular formula is C25H28FN7O2. The number of nitrogen functional groups attached to an aromatic ring is 1. The Balaban J connectivity index is 1.50. The number of hydrogen-bond acceptors (Lipinski definition) is 8. The fraction of sp³-hybridized carbons (Fsp3) is 0.360. The largest absolute Gasteiger partial charge is 0.463 e. The number of fused-ring (bicyclic) bond motifs is 1. The van der Waals surface area contributed by atoms with Gasteiger partial charge in [-0.25, -0.2) is 9.37 Å². The van der Waals surface area contributed by atoms with Crippen LogP contribution in [0.1, 0.15) is 24.5 Å². The van der Waals surface area contributed by atoms with Crippen molar-refractivity contribution in [2.45, 2.75) is 26.4 Å². The Labute approximate surface area is 202 Å². The lowest BCUT2D eigenvalue weighted by Crippen LogP contribution is -2.35. The summed E-state index contributed by atoms with van der Waals surface area (Å²) in [6, 6.07) is 10.0. The molecule has 9 nitrogen and oxygen atoms in total. The van der Waals surface area contributed by atoms with Gasteiger partial charge in [0.2, 0.25) is 0 Å². The molecule has 0 aliphatic carbocycles. The molecule has 10 heteroatoms. The van der Waals surface area contributed by atoms with Gasteiger partial charge in [-0.3, -0.25) is 9.88 Å². The fourth-order valence-corrected chi connectivity index (χ4v) is 4.11. The fourth-order valence-electron chi connectivity index (χ4n) is 4.11. The van der Waals surface area contributed by atoms with Gasteiger partial charge in [-0.15, -0.1) is 0 Å². The van der Waals surface area contributed by atoms with Gasteiger partial charge < -0.3 is 19.8 Å². The Morgan fingerprint density at radius 1 is 1.03 bits per heavy atom. The third-order valence-corrected chi connectivity index (χ3v) is 5.87. The zero-order valence-electron chi connectivity index (χ0n) is 19.7. The van der Waals surface area contributed by atoms with Crippen molar-refractivity contribution in [3.8, 4) is 17.4 Å². The lowest BCUT2D eigenvalue weighted by atomic mass is 10.1. The molecule has 1 aliphatic rings. The van der Waals surface area contributed by atoms with E-state index in [9.17, 15) is 4.39 Å². The Morgan fingerprint density at radius 2 is 1.77 bits per heavy atom. The van der Waals surface area contributed by atoms with Crippen molar-refractivity contribution in [2.24, 2.45) is 0 Å². The lowest BCUT2D eigenvalue weighted by Gasteiger charge is -2.26. The normalized spacial score (nSPS) is 14.5. The average Bonchev–Trinajstić information content (AvgIpc) is 3.23. The number of imidazole rings is 1. The van der Waals surface area contributed by atoms with Gasteiger partial charge in [-0.05, 0) is 23.6 Å². The first-order chi connectivity index (χ1) is 17.1. The molecule has 2 N–H and O–H groups in total. The highest BCUT2D eigenvalue weighted by Crippen LogP contribution is 2.28. The van der Waals surface area contributed by atoms with Crippen molar-refractivity contribution in [1.29, 1.82) is 0 Å². The van der Waals surface area contributed by atoms with E-state index in [0.29, 0.717) is 35.7 Å². The number of anilines is 1. The number of ether oxygens (including phenoxy) is 2. The standard InChI is InChI=1S/C25H28FN7O2/c1-2-9-35-25-30-22(27)21-24(31-25)33(23(29-21)19-12-20(26)14-28-13-19)16-18-5-3-17(4-6-18)15-32-7-10-34-11-8-32/h3-6,12-14H,2,7-11,15-16H2,1H3,(H2,27,30,31). The first kappa shape index (κ1) is 23.1. The molecule has 1 saturated heterocycles. The predicted molar refractivity (Wildman–Crippen MR) is 130 cm³/mol. The maximum Gasteiger partial charge on any atom is 0.320 e. The molecule has 0 atom stereocenters. The second-order valence-corrected chi connectivity index (χ2v) is 8.53. The first-order valence-corrected chi connectivity index (χ1v) is 11.8. The van der Waals surface area contributed by atoms with Crippen molar-refractivity contribution in [1.82, 2.24) is 29.4 Å².